The first-order chi connectivity index (χ1) is 38.0. The Bertz CT molecular complexity index is 1840. The van der Waals surface area contributed by atoms with E-state index < -0.39 is 6.10 Å². The molecule has 0 aromatic rings. The van der Waals surface area contributed by atoms with Crippen LogP contribution in [0.2, 0.25) is 0 Å². The fourth-order valence-electron chi connectivity index (χ4n) is 7.47. The van der Waals surface area contributed by atoms with Crippen LogP contribution in [0.5, 0.6) is 0 Å². The lowest BCUT2D eigenvalue weighted by Gasteiger charge is -2.18. The lowest BCUT2D eigenvalue weighted by Crippen LogP contribution is -2.30. The van der Waals surface area contributed by atoms with E-state index >= 15 is 0 Å². The second kappa shape index (κ2) is 63.0. The van der Waals surface area contributed by atoms with Crippen molar-refractivity contribution in [2.24, 2.45) is 0 Å². The molecule has 0 bridgehead atoms. The number of esters is 3. The van der Waals surface area contributed by atoms with Crippen molar-refractivity contribution >= 4 is 17.9 Å². The van der Waals surface area contributed by atoms with Gasteiger partial charge < -0.3 is 14.2 Å². The summed E-state index contributed by atoms with van der Waals surface area (Å²) in [6.07, 6.45) is 94.6. The Morgan fingerprint density at radius 2 is 0.481 bits per heavy atom. The highest BCUT2D eigenvalue weighted by atomic mass is 16.6. The van der Waals surface area contributed by atoms with Crippen molar-refractivity contribution in [3.05, 3.63) is 182 Å². The first kappa shape index (κ1) is 71.5. The molecule has 77 heavy (non-hydrogen) atoms. The highest BCUT2D eigenvalue weighted by Gasteiger charge is 2.19. The van der Waals surface area contributed by atoms with Crippen LogP contribution < -0.4 is 0 Å². The largest absolute Gasteiger partial charge is 0.462 e. The van der Waals surface area contributed by atoms with E-state index in [1.54, 1.807) is 0 Å². The predicted octanol–water partition coefficient (Wildman–Crippen LogP) is 20.9. The lowest BCUT2D eigenvalue weighted by atomic mass is 10.1. The molecule has 0 radical (unpaired) electrons. The quantitative estimate of drug-likeness (QED) is 0.0261. The fraction of sp³-hybridized carbons (Fsp3) is 0.535. The van der Waals surface area contributed by atoms with E-state index in [0.717, 1.165) is 167 Å². The molecule has 0 N–H and O–H groups in total. The van der Waals surface area contributed by atoms with Crippen LogP contribution in [0.25, 0.3) is 0 Å². The fourth-order valence-corrected chi connectivity index (χ4v) is 7.47. The van der Waals surface area contributed by atoms with Crippen LogP contribution in [0, 0.1) is 0 Å². The van der Waals surface area contributed by atoms with Gasteiger partial charge in [0, 0.05) is 19.3 Å². The Morgan fingerprint density at radius 1 is 0.260 bits per heavy atom. The van der Waals surface area contributed by atoms with Gasteiger partial charge in [0.15, 0.2) is 6.10 Å². The highest BCUT2D eigenvalue weighted by molar-refractivity contribution is 5.71. The first-order valence-electron chi connectivity index (χ1n) is 30.3. The van der Waals surface area contributed by atoms with Crippen molar-refractivity contribution in [1.29, 1.82) is 0 Å². The van der Waals surface area contributed by atoms with E-state index in [4.69, 9.17) is 14.2 Å². The zero-order valence-electron chi connectivity index (χ0n) is 48.9. The number of ether oxygens (including phenoxy) is 3. The predicted molar refractivity (Wildman–Crippen MR) is 334 cm³/mol. The van der Waals surface area contributed by atoms with Gasteiger partial charge in [-0.15, -0.1) is 0 Å². The Morgan fingerprint density at radius 3 is 0.766 bits per heavy atom. The van der Waals surface area contributed by atoms with Crippen LogP contribution >= 0.6 is 0 Å². The van der Waals surface area contributed by atoms with E-state index in [2.05, 4.69) is 203 Å². The summed E-state index contributed by atoms with van der Waals surface area (Å²) in [6, 6.07) is 0. The third kappa shape index (κ3) is 61.2. The van der Waals surface area contributed by atoms with Crippen LogP contribution in [-0.4, -0.2) is 37.2 Å². The van der Waals surface area contributed by atoms with Crippen LogP contribution in [0.1, 0.15) is 226 Å². The second-order valence-electron chi connectivity index (χ2n) is 19.1. The maximum absolute atomic E-state index is 12.9. The van der Waals surface area contributed by atoms with Gasteiger partial charge in [-0.2, -0.15) is 0 Å². The standard InChI is InChI=1S/C71H108O6/c1-4-7-10-13-16-19-22-25-28-31-32-33-34-35-36-37-38-41-43-46-49-52-55-58-61-64-70(73)76-67-68(77-71(74)65-62-59-56-53-50-47-44-40-30-27-24-21-18-15-12-9-6-3)66-75-69(72)63-60-57-54-51-48-45-42-39-29-26-23-20-17-14-11-8-5-2/h7-12,16-21,25-30,32-33,35-36,38,41-42,44-45,47,53,56,68H,4-6,13-15,22-24,31,34,37,39-40,43,46,48-52,54-55,57-67H2,1-3H3/b10-7-,11-8-,12-9-,19-16-,20-17-,21-18-,28-25-,29-26-,30-27-,33-32-,36-35-,41-38-,45-42-,47-44-,56-53-. The summed E-state index contributed by atoms with van der Waals surface area (Å²) in [5.41, 5.74) is 0. The molecule has 1 atom stereocenters. The molecule has 0 fully saturated rings. The Labute approximate surface area is 472 Å². The maximum atomic E-state index is 12.9. The zero-order chi connectivity index (χ0) is 55.7. The Balaban J connectivity index is 4.55. The molecule has 0 aliphatic heterocycles. The molecule has 0 saturated heterocycles. The van der Waals surface area contributed by atoms with Gasteiger partial charge in [-0.25, -0.2) is 0 Å². The first-order valence-corrected chi connectivity index (χ1v) is 30.3. The monoisotopic (exact) mass is 1060 g/mol. The van der Waals surface area contributed by atoms with Crippen molar-refractivity contribution in [3.63, 3.8) is 0 Å². The summed E-state index contributed by atoms with van der Waals surface area (Å²) in [5.74, 6) is -1.03. The van der Waals surface area contributed by atoms with E-state index in [1.165, 1.54) is 12.8 Å². The molecule has 0 saturated carbocycles. The minimum absolute atomic E-state index is 0.126. The number of rotatable bonds is 52. The molecule has 0 aromatic heterocycles. The molecule has 0 aliphatic carbocycles. The summed E-state index contributed by atoms with van der Waals surface area (Å²) in [5, 5.41) is 0. The average molecular weight is 1060 g/mol. The average Bonchev–Trinajstić information content (AvgIpc) is 3.43. The van der Waals surface area contributed by atoms with E-state index in [9.17, 15) is 14.4 Å². The van der Waals surface area contributed by atoms with Gasteiger partial charge in [0.05, 0.1) is 0 Å². The molecule has 6 heteroatoms. The van der Waals surface area contributed by atoms with Gasteiger partial charge in [-0.05, 0) is 148 Å². The number of carbonyl (C=O) groups is 3. The SMILES string of the molecule is CC/C=C\C/C=C\C/C=C\C/C=C\C/C=C\C/C=C\CCCCCCCCC(=O)OCC(COC(=O)CCCCCC/C=C\C/C=C\C/C=C\C/C=C\CC)OC(=O)CCC/C=C\C/C=C\C/C=C\C/C=C\C/C=C\CC. The number of hydrogen-bond acceptors (Lipinski definition) is 6. The molecule has 6 nitrogen and oxygen atoms in total. The van der Waals surface area contributed by atoms with Crippen molar-refractivity contribution in [1.82, 2.24) is 0 Å². The van der Waals surface area contributed by atoms with Crippen molar-refractivity contribution < 1.29 is 28.6 Å². The molecular formula is C71H108O6. The lowest BCUT2D eigenvalue weighted by molar-refractivity contribution is -0.167. The van der Waals surface area contributed by atoms with Gasteiger partial charge in [-0.3, -0.25) is 14.4 Å². The zero-order valence-corrected chi connectivity index (χ0v) is 48.9. The van der Waals surface area contributed by atoms with Crippen molar-refractivity contribution in [3.8, 4) is 0 Å². The molecule has 0 aromatic carbocycles. The van der Waals surface area contributed by atoms with E-state index in [1.807, 2.05) is 0 Å². The van der Waals surface area contributed by atoms with Crippen LogP contribution in [0.3, 0.4) is 0 Å². The van der Waals surface area contributed by atoms with Crippen molar-refractivity contribution in [2.45, 2.75) is 232 Å². The third-order valence-electron chi connectivity index (χ3n) is 11.9. The topological polar surface area (TPSA) is 78.9 Å². The summed E-state index contributed by atoms with van der Waals surface area (Å²) in [7, 11) is 0. The summed E-state index contributed by atoms with van der Waals surface area (Å²) < 4.78 is 16.8. The molecule has 1 unspecified atom stereocenters. The maximum Gasteiger partial charge on any atom is 0.306 e. The Kier molecular flexibility index (Phi) is 58.6. The molecule has 0 amide bonds. The molecule has 0 spiro atoms. The molecule has 0 rings (SSSR count). The van der Waals surface area contributed by atoms with Crippen LogP contribution in [0.15, 0.2) is 182 Å². The van der Waals surface area contributed by atoms with Gasteiger partial charge in [0.2, 0.25) is 0 Å². The minimum Gasteiger partial charge on any atom is -0.462 e. The number of allylic oxidation sites excluding steroid dienone is 30. The highest BCUT2D eigenvalue weighted by Crippen LogP contribution is 2.12. The number of hydrogen-bond donors (Lipinski definition) is 0. The van der Waals surface area contributed by atoms with Gasteiger partial charge >= 0.3 is 17.9 Å². The smallest absolute Gasteiger partial charge is 0.306 e. The number of unbranched alkanes of at least 4 members (excludes halogenated alkanes) is 11. The normalized spacial score (nSPS) is 13.4. The summed E-state index contributed by atoms with van der Waals surface area (Å²) in [6.45, 7) is 6.20. The third-order valence-corrected chi connectivity index (χ3v) is 11.9. The molecule has 428 valence electrons. The summed E-state index contributed by atoms with van der Waals surface area (Å²) >= 11 is 0. The summed E-state index contributed by atoms with van der Waals surface area (Å²) in [4.78, 5) is 38.3. The second-order valence-corrected chi connectivity index (χ2v) is 19.1. The van der Waals surface area contributed by atoms with E-state index in [-0.39, 0.29) is 37.5 Å². The number of carbonyl (C=O) groups excluding carboxylic acids is 3. The van der Waals surface area contributed by atoms with Crippen LogP contribution in [0.4, 0.5) is 0 Å². The van der Waals surface area contributed by atoms with Gasteiger partial charge in [0.25, 0.3) is 0 Å². The molecule has 0 aliphatic rings. The molecule has 0 heterocycles. The van der Waals surface area contributed by atoms with Crippen LogP contribution in [-0.2, 0) is 28.6 Å². The minimum atomic E-state index is -0.837. The Hall–Kier alpha value is -5.49. The molecular weight excluding hydrogens is 949 g/mol. The van der Waals surface area contributed by atoms with Gasteiger partial charge in [0.1, 0.15) is 13.2 Å². The van der Waals surface area contributed by atoms with Gasteiger partial charge in [-0.1, -0.05) is 242 Å². The van der Waals surface area contributed by atoms with Crippen molar-refractivity contribution in [2.75, 3.05) is 13.2 Å². The van der Waals surface area contributed by atoms with E-state index in [0.29, 0.717) is 19.3 Å².